The second kappa shape index (κ2) is 8.63. The molecule has 0 aliphatic carbocycles. The molecule has 6 nitrogen and oxygen atoms in total. The van der Waals surface area contributed by atoms with E-state index in [1.807, 2.05) is 6.20 Å². The number of anilines is 1. The molecule has 0 atom stereocenters. The van der Waals surface area contributed by atoms with Crippen LogP contribution in [0.3, 0.4) is 0 Å². The molecule has 8 heteroatoms. The van der Waals surface area contributed by atoms with Crippen LogP contribution in [0.4, 0.5) is 5.69 Å². The van der Waals surface area contributed by atoms with Gasteiger partial charge in [-0.05, 0) is 53.7 Å². The molecule has 1 spiro atoms. The zero-order valence-corrected chi connectivity index (χ0v) is 20.9. The Labute approximate surface area is 188 Å². The molecule has 1 amide bonds. The van der Waals surface area contributed by atoms with E-state index in [4.69, 9.17) is 4.74 Å². The monoisotopic (exact) mass is 492 g/mol. The molecule has 1 N–H and O–H groups in total. The van der Waals surface area contributed by atoms with E-state index in [9.17, 15) is 4.79 Å². The Kier molecular flexibility index (Phi) is 6.28. The van der Waals surface area contributed by atoms with Gasteiger partial charge in [0.25, 0.3) is 0 Å². The van der Waals surface area contributed by atoms with Crippen LogP contribution in [0.15, 0.2) is 22.9 Å². The summed E-state index contributed by atoms with van der Waals surface area (Å²) < 4.78 is 9.06. The molecular weight excluding hydrogens is 460 g/mol. The maximum absolute atomic E-state index is 12.5. The van der Waals surface area contributed by atoms with Crippen LogP contribution >= 0.6 is 15.9 Å². The third-order valence-corrected chi connectivity index (χ3v) is 8.86. The zero-order valence-electron chi connectivity index (χ0n) is 18.3. The first-order chi connectivity index (χ1) is 14.3. The van der Waals surface area contributed by atoms with Crippen molar-refractivity contribution in [3.8, 4) is 0 Å². The highest BCUT2D eigenvalue weighted by Gasteiger charge is 2.43. The molecule has 164 valence electrons. The van der Waals surface area contributed by atoms with Crippen molar-refractivity contribution in [2.75, 3.05) is 31.1 Å². The minimum atomic E-state index is -1.09. The SMILES string of the molecule is C[Si](C)(C)CCOCn1ccc2c(N3CCC4(CCCNC4=O)CC3)c(Br)cnc21. The van der Waals surface area contributed by atoms with Crippen LogP contribution in [-0.4, -0.2) is 49.8 Å². The number of hydrogen-bond acceptors (Lipinski definition) is 4. The van der Waals surface area contributed by atoms with E-state index in [-0.39, 0.29) is 11.3 Å². The number of piperidine rings is 2. The van der Waals surface area contributed by atoms with Gasteiger partial charge in [0.05, 0.1) is 15.6 Å². The first-order valence-corrected chi connectivity index (χ1v) is 15.5. The molecule has 2 aromatic rings. The first kappa shape index (κ1) is 21.8. The van der Waals surface area contributed by atoms with E-state index in [2.05, 4.69) is 67.6 Å². The topological polar surface area (TPSA) is 59.4 Å². The molecule has 2 aliphatic heterocycles. The van der Waals surface area contributed by atoms with Crippen LogP contribution in [0.25, 0.3) is 11.0 Å². The maximum atomic E-state index is 12.5. The fourth-order valence-corrected chi connectivity index (χ4v) is 5.96. The highest BCUT2D eigenvalue weighted by atomic mass is 79.9. The van der Waals surface area contributed by atoms with Gasteiger partial charge in [0, 0.05) is 52.1 Å². The van der Waals surface area contributed by atoms with E-state index in [0.717, 1.165) is 67.4 Å². The van der Waals surface area contributed by atoms with Crippen LogP contribution in [0.5, 0.6) is 0 Å². The van der Waals surface area contributed by atoms with E-state index < -0.39 is 8.07 Å². The van der Waals surface area contributed by atoms with Crippen LogP contribution in [-0.2, 0) is 16.3 Å². The number of carbonyl (C=O) groups excluding carboxylic acids is 1. The third-order valence-electron chi connectivity index (χ3n) is 6.58. The number of pyridine rings is 1. The Bertz CT molecular complexity index is 916. The van der Waals surface area contributed by atoms with Crippen molar-refractivity contribution in [1.29, 1.82) is 0 Å². The molecule has 2 aromatic heterocycles. The lowest BCUT2D eigenvalue weighted by molar-refractivity contribution is -0.134. The number of halogens is 1. The third kappa shape index (κ3) is 4.45. The number of amides is 1. The van der Waals surface area contributed by atoms with Gasteiger partial charge in [-0.3, -0.25) is 4.79 Å². The Morgan fingerprint density at radius 3 is 2.73 bits per heavy atom. The van der Waals surface area contributed by atoms with Crippen molar-refractivity contribution >= 4 is 46.6 Å². The van der Waals surface area contributed by atoms with E-state index in [1.54, 1.807) is 0 Å². The molecule has 30 heavy (non-hydrogen) atoms. The Morgan fingerprint density at radius 1 is 1.27 bits per heavy atom. The van der Waals surface area contributed by atoms with Crippen molar-refractivity contribution < 1.29 is 9.53 Å². The minimum Gasteiger partial charge on any atom is -0.370 e. The predicted octanol–water partition coefficient (Wildman–Crippen LogP) is 4.61. The fraction of sp³-hybridized carbons (Fsp3) is 0.636. The van der Waals surface area contributed by atoms with Crippen molar-refractivity contribution in [1.82, 2.24) is 14.9 Å². The van der Waals surface area contributed by atoms with Crippen LogP contribution in [0.1, 0.15) is 25.7 Å². The van der Waals surface area contributed by atoms with Crippen LogP contribution in [0, 0.1) is 5.41 Å². The summed E-state index contributed by atoms with van der Waals surface area (Å²) >= 11 is 3.73. The maximum Gasteiger partial charge on any atom is 0.226 e. The fourth-order valence-electron chi connectivity index (χ4n) is 4.63. The number of ether oxygens (including phenoxy) is 1. The van der Waals surface area contributed by atoms with Gasteiger partial charge in [0.2, 0.25) is 5.91 Å². The second-order valence-corrected chi connectivity index (χ2v) is 16.4. The number of hydrogen-bond donors (Lipinski definition) is 1. The lowest BCUT2D eigenvalue weighted by atomic mass is 9.72. The molecule has 4 rings (SSSR count). The summed E-state index contributed by atoms with van der Waals surface area (Å²) in [7, 11) is -1.09. The molecule has 0 bridgehead atoms. The highest BCUT2D eigenvalue weighted by Crippen LogP contribution is 2.42. The molecule has 0 radical (unpaired) electrons. The van der Waals surface area contributed by atoms with Crippen molar-refractivity contribution in [3.63, 3.8) is 0 Å². The number of nitrogens with zero attached hydrogens (tertiary/aromatic N) is 3. The van der Waals surface area contributed by atoms with Crippen LogP contribution < -0.4 is 10.2 Å². The number of rotatable bonds is 6. The van der Waals surface area contributed by atoms with Gasteiger partial charge < -0.3 is 19.5 Å². The smallest absolute Gasteiger partial charge is 0.226 e. The number of fused-ring (bicyclic) bond motifs is 1. The Balaban J connectivity index is 1.49. The van der Waals surface area contributed by atoms with E-state index in [0.29, 0.717) is 6.73 Å². The average Bonchev–Trinajstić information content (AvgIpc) is 3.11. The van der Waals surface area contributed by atoms with Gasteiger partial charge >= 0.3 is 0 Å². The molecule has 2 saturated heterocycles. The number of carbonyl (C=O) groups is 1. The van der Waals surface area contributed by atoms with E-state index in [1.165, 1.54) is 11.7 Å². The molecule has 0 saturated carbocycles. The zero-order chi connectivity index (χ0) is 21.4. The Hall–Kier alpha value is -1.38. The summed E-state index contributed by atoms with van der Waals surface area (Å²) in [5, 5.41) is 4.22. The molecule has 2 aliphatic rings. The predicted molar refractivity (Wildman–Crippen MR) is 128 cm³/mol. The summed E-state index contributed by atoms with van der Waals surface area (Å²) in [6, 6.07) is 3.31. The van der Waals surface area contributed by atoms with Crippen molar-refractivity contribution in [3.05, 3.63) is 22.9 Å². The molecule has 0 unspecified atom stereocenters. The second-order valence-electron chi connectivity index (χ2n) is 9.95. The van der Waals surface area contributed by atoms with Gasteiger partial charge in [-0.1, -0.05) is 19.6 Å². The summed E-state index contributed by atoms with van der Waals surface area (Å²) in [5.74, 6) is 0.258. The number of nitrogens with one attached hydrogen (secondary N) is 1. The standard InChI is InChI=1S/C22H33BrN4O2Si/c1-30(2,3)14-13-29-16-27-10-5-17-19(18(23)15-25-20(17)27)26-11-7-22(8-12-26)6-4-9-24-21(22)28/h5,10,15H,4,6-9,11-14,16H2,1-3H3,(H,24,28). The summed E-state index contributed by atoms with van der Waals surface area (Å²) in [6.45, 7) is 11.0. The summed E-state index contributed by atoms with van der Waals surface area (Å²) in [6.07, 6.45) is 7.90. The highest BCUT2D eigenvalue weighted by molar-refractivity contribution is 9.10. The van der Waals surface area contributed by atoms with Crippen molar-refractivity contribution in [2.45, 2.75) is 58.1 Å². The molecule has 2 fully saturated rings. The average molecular weight is 494 g/mol. The van der Waals surface area contributed by atoms with E-state index >= 15 is 0 Å². The molecule has 0 aromatic carbocycles. The molecule has 4 heterocycles. The lowest BCUT2D eigenvalue weighted by Crippen LogP contribution is -2.52. The van der Waals surface area contributed by atoms with Gasteiger partial charge in [0.1, 0.15) is 12.4 Å². The Morgan fingerprint density at radius 2 is 2.03 bits per heavy atom. The summed E-state index contributed by atoms with van der Waals surface area (Å²) in [5.41, 5.74) is 1.98. The van der Waals surface area contributed by atoms with Gasteiger partial charge in [-0.2, -0.15) is 0 Å². The normalized spacial score (nSPS) is 19.5. The van der Waals surface area contributed by atoms with Crippen LogP contribution in [0.2, 0.25) is 25.7 Å². The molecular formula is C22H33BrN4O2Si. The number of aromatic nitrogens is 2. The van der Waals surface area contributed by atoms with Gasteiger partial charge in [-0.25, -0.2) is 4.98 Å². The first-order valence-electron chi connectivity index (χ1n) is 11.0. The minimum absolute atomic E-state index is 0.163. The van der Waals surface area contributed by atoms with Crippen molar-refractivity contribution in [2.24, 2.45) is 5.41 Å². The lowest BCUT2D eigenvalue weighted by Gasteiger charge is -2.43. The van der Waals surface area contributed by atoms with Gasteiger partial charge in [0.15, 0.2) is 0 Å². The quantitative estimate of drug-likeness (QED) is 0.472. The largest absolute Gasteiger partial charge is 0.370 e. The van der Waals surface area contributed by atoms with Gasteiger partial charge in [-0.15, -0.1) is 0 Å². The summed E-state index contributed by atoms with van der Waals surface area (Å²) in [4.78, 5) is 19.6.